The van der Waals surface area contributed by atoms with Crippen molar-refractivity contribution in [3.05, 3.63) is 35.9 Å². The molecule has 1 saturated heterocycles. The van der Waals surface area contributed by atoms with Crippen LogP contribution in [0.15, 0.2) is 30.3 Å². The minimum atomic E-state index is -0.490. The standard InChI is InChI=1S/C13H18O2/c1-13(2,3)12-11(15-12)10(14)9-7-5-4-6-8-9/h4-8,10-12,14H,1-3H3/t10-,11?,12?/m1/s1. The molecule has 1 aliphatic heterocycles. The molecule has 0 radical (unpaired) electrons. The van der Waals surface area contributed by atoms with Crippen molar-refractivity contribution in [3.63, 3.8) is 0 Å². The molecule has 15 heavy (non-hydrogen) atoms. The van der Waals surface area contributed by atoms with E-state index in [2.05, 4.69) is 20.8 Å². The summed E-state index contributed by atoms with van der Waals surface area (Å²) in [6.45, 7) is 6.40. The molecule has 1 fully saturated rings. The molecular weight excluding hydrogens is 188 g/mol. The first-order valence-electron chi connectivity index (χ1n) is 5.38. The molecule has 0 spiro atoms. The first kappa shape index (κ1) is 10.7. The van der Waals surface area contributed by atoms with E-state index in [0.717, 1.165) is 5.56 Å². The van der Waals surface area contributed by atoms with Crippen molar-refractivity contribution in [2.45, 2.75) is 39.1 Å². The molecule has 2 heteroatoms. The van der Waals surface area contributed by atoms with Gasteiger partial charge in [0.15, 0.2) is 0 Å². The Morgan fingerprint density at radius 2 is 1.80 bits per heavy atom. The molecule has 1 heterocycles. The van der Waals surface area contributed by atoms with Crippen LogP contribution in [0.1, 0.15) is 32.4 Å². The molecule has 0 aromatic heterocycles. The topological polar surface area (TPSA) is 32.8 Å². The van der Waals surface area contributed by atoms with E-state index in [0.29, 0.717) is 0 Å². The molecule has 1 N–H and O–H groups in total. The zero-order valence-electron chi connectivity index (χ0n) is 9.47. The smallest absolute Gasteiger partial charge is 0.115 e. The van der Waals surface area contributed by atoms with Crippen molar-refractivity contribution in [2.24, 2.45) is 5.41 Å². The maximum absolute atomic E-state index is 10.1. The van der Waals surface area contributed by atoms with Gasteiger partial charge in [-0.2, -0.15) is 0 Å². The van der Waals surface area contributed by atoms with Crippen molar-refractivity contribution in [1.29, 1.82) is 0 Å². The monoisotopic (exact) mass is 206 g/mol. The van der Waals surface area contributed by atoms with Gasteiger partial charge in [0.25, 0.3) is 0 Å². The van der Waals surface area contributed by atoms with E-state index >= 15 is 0 Å². The van der Waals surface area contributed by atoms with Crippen LogP contribution in [-0.2, 0) is 4.74 Å². The van der Waals surface area contributed by atoms with Gasteiger partial charge >= 0.3 is 0 Å². The highest BCUT2D eigenvalue weighted by Gasteiger charge is 2.51. The van der Waals surface area contributed by atoms with Gasteiger partial charge in [-0.3, -0.25) is 0 Å². The zero-order valence-corrected chi connectivity index (χ0v) is 9.47. The fourth-order valence-electron chi connectivity index (χ4n) is 1.90. The molecule has 0 aliphatic carbocycles. The Morgan fingerprint density at radius 3 is 2.27 bits per heavy atom. The minimum Gasteiger partial charge on any atom is -0.386 e. The molecule has 0 amide bonds. The van der Waals surface area contributed by atoms with Crippen LogP contribution in [0.4, 0.5) is 0 Å². The summed E-state index contributed by atoms with van der Waals surface area (Å²) in [5, 5.41) is 10.1. The fourth-order valence-corrected chi connectivity index (χ4v) is 1.90. The highest BCUT2D eigenvalue weighted by molar-refractivity contribution is 5.20. The van der Waals surface area contributed by atoms with Crippen molar-refractivity contribution in [2.75, 3.05) is 0 Å². The quantitative estimate of drug-likeness (QED) is 0.754. The molecule has 1 aromatic carbocycles. The second-order valence-corrected chi connectivity index (χ2v) is 5.24. The van der Waals surface area contributed by atoms with Gasteiger partial charge in [0.05, 0.1) is 6.10 Å². The average molecular weight is 206 g/mol. The van der Waals surface area contributed by atoms with Crippen LogP contribution in [0.3, 0.4) is 0 Å². The van der Waals surface area contributed by atoms with Crippen molar-refractivity contribution < 1.29 is 9.84 Å². The van der Waals surface area contributed by atoms with Crippen LogP contribution in [0.2, 0.25) is 0 Å². The van der Waals surface area contributed by atoms with E-state index in [-0.39, 0.29) is 17.6 Å². The maximum Gasteiger partial charge on any atom is 0.115 e. The van der Waals surface area contributed by atoms with Crippen molar-refractivity contribution in [3.8, 4) is 0 Å². The van der Waals surface area contributed by atoms with Gasteiger partial charge in [0, 0.05) is 0 Å². The largest absolute Gasteiger partial charge is 0.386 e. The molecular formula is C13H18O2. The lowest BCUT2D eigenvalue weighted by Gasteiger charge is -2.16. The summed E-state index contributed by atoms with van der Waals surface area (Å²) in [4.78, 5) is 0. The van der Waals surface area contributed by atoms with Gasteiger partial charge in [-0.05, 0) is 11.0 Å². The summed E-state index contributed by atoms with van der Waals surface area (Å²) < 4.78 is 5.55. The molecule has 1 aromatic rings. The fraction of sp³-hybridized carbons (Fsp3) is 0.538. The van der Waals surface area contributed by atoms with E-state index in [1.165, 1.54) is 0 Å². The summed E-state index contributed by atoms with van der Waals surface area (Å²) >= 11 is 0. The molecule has 3 atom stereocenters. The third-order valence-corrected chi connectivity index (χ3v) is 2.83. The Bertz CT molecular complexity index is 326. The number of benzene rings is 1. The molecule has 0 bridgehead atoms. The number of aliphatic hydroxyl groups is 1. The van der Waals surface area contributed by atoms with Crippen LogP contribution in [0.5, 0.6) is 0 Å². The zero-order chi connectivity index (χ0) is 11.1. The number of hydrogen-bond acceptors (Lipinski definition) is 2. The van der Waals surface area contributed by atoms with Gasteiger partial charge in [0.1, 0.15) is 12.2 Å². The highest BCUT2D eigenvalue weighted by Crippen LogP contribution is 2.44. The van der Waals surface area contributed by atoms with Crippen molar-refractivity contribution >= 4 is 0 Å². The highest BCUT2D eigenvalue weighted by atomic mass is 16.6. The summed E-state index contributed by atoms with van der Waals surface area (Å²) in [7, 11) is 0. The maximum atomic E-state index is 10.1. The van der Waals surface area contributed by atoms with Gasteiger partial charge in [-0.1, -0.05) is 51.1 Å². The number of hydrogen-bond donors (Lipinski definition) is 1. The predicted molar refractivity (Wildman–Crippen MR) is 59.5 cm³/mol. The molecule has 2 nitrogen and oxygen atoms in total. The van der Waals surface area contributed by atoms with Crippen molar-refractivity contribution in [1.82, 2.24) is 0 Å². The third kappa shape index (κ3) is 2.21. The summed E-state index contributed by atoms with van der Waals surface area (Å²) in [5.41, 5.74) is 1.05. The van der Waals surface area contributed by atoms with E-state index in [9.17, 15) is 5.11 Å². The Labute approximate surface area is 90.9 Å². The SMILES string of the molecule is CC(C)(C)C1OC1[C@H](O)c1ccccc1. The second-order valence-electron chi connectivity index (χ2n) is 5.24. The van der Waals surface area contributed by atoms with Gasteiger partial charge < -0.3 is 9.84 Å². The molecule has 1 aliphatic rings. The van der Waals surface area contributed by atoms with Crippen LogP contribution >= 0.6 is 0 Å². The molecule has 82 valence electrons. The van der Waals surface area contributed by atoms with E-state index in [1.807, 2.05) is 30.3 Å². The van der Waals surface area contributed by atoms with Gasteiger partial charge in [0.2, 0.25) is 0 Å². The molecule has 0 saturated carbocycles. The summed E-state index contributed by atoms with van der Waals surface area (Å²) in [6, 6.07) is 9.70. The number of aliphatic hydroxyl groups excluding tert-OH is 1. The number of epoxide rings is 1. The second kappa shape index (κ2) is 3.62. The first-order chi connectivity index (χ1) is 7.00. The van der Waals surface area contributed by atoms with Crippen LogP contribution in [-0.4, -0.2) is 17.3 Å². The normalized spacial score (nSPS) is 27.5. The first-order valence-corrected chi connectivity index (χ1v) is 5.38. The lowest BCUT2D eigenvalue weighted by atomic mass is 9.88. The Hall–Kier alpha value is -0.860. The van der Waals surface area contributed by atoms with E-state index in [4.69, 9.17) is 4.74 Å². The summed E-state index contributed by atoms with van der Waals surface area (Å²) in [6.07, 6.45) is -0.351. The predicted octanol–water partition coefficient (Wildman–Crippen LogP) is 2.53. The number of rotatable bonds is 2. The molecule has 2 unspecified atom stereocenters. The lowest BCUT2D eigenvalue weighted by molar-refractivity contribution is 0.136. The van der Waals surface area contributed by atoms with Gasteiger partial charge in [-0.25, -0.2) is 0 Å². The molecule has 2 rings (SSSR count). The summed E-state index contributed by atoms with van der Waals surface area (Å²) in [5.74, 6) is 0. The van der Waals surface area contributed by atoms with E-state index < -0.39 is 6.10 Å². The Balaban J connectivity index is 2.04. The van der Waals surface area contributed by atoms with Gasteiger partial charge in [-0.15, -0.1) is 0 Å². The number of ether oxygens (including phenoxy) is 1. The third-order valence-electron chi connectivity index (χ3n) is 2.83. The Morgan fingerprint density at radius 1 is 1.20 bits per heavy atom. The minimum absolute atomic E-state index is 0.0348. The van der Waals surface area contributed by atoms with Crippen LogP contribution in [0.25, 0.3) is 0 Å². The Kier molecular flexibility index (Phi) is 2.57. The lowest BCUT2D eigenvalue weighted by Crippen LogP contribution is -2.19. The van der Waals surface area contributed by atoms with E-state index in [1.54, 1.807) is 0 Å². The average Bonchev–Trinajstić information content (AvgIpc) is 2.97. The van der Waals surface area contributed by atoms with Crippen LogP contribution < -0.4 is 0 Å². The van der Waals surface area contributed by atoms with Crippen LogP contribution in [0, 0.1) is 5.41 Å².